The molecule has 1 amide bonds. The predicted molar refractivity (Wildman–Crippen MR) is 99.3 cm³/mol. The summed E-state index contributed by atoms with van der Waals surface area (Å²) < 4.78 is 32.9. The van der Waals surface area contributed by atoms with Crippen molar-refractivity contribution in [2.24, 2.45) is 0 Å². The van der Waals surface area contributed by atoms with Crippen molar-refractivity contribution in [3.8, 4) is 11.3 Å². The fraction of sp³-hybridized carbons (Fsp3) is 0.150. The Bertz CT molecular complexity index is 1090. The molecular formula is C20H13F2N3O2S. The summed E-state index contributed by atoms with van der Waals surface area (Å²) in [6.45, 7) is 0.510. The van der Waals surface area contributed by atoms with Crippen molar-refractivity contribution in [2.45, 2.75) is 13.0 Å². The van der Waals surface area contributed by atoms with Crippen LogP contribution in [0.2, 0.25) is 0 Å². The molecule has 0 N–H and O–H groups in total. The van der Waals surface area contributed by atoms with Crippen molar-refractivity contribution >= 4 is 22.9 Å². The lowest BCUT2D eigenvalue weighted by Crippen LogP contribution is -2.37. The molecule has 0 aliphatic carbocycles. The van der Waals surface area contributed by atoms with E-state index in [2.05, 4.69) is 4.98 Å². The smallest absolute Gasteiger partial charge is 0.274 e. The number of nitrogens with zero attached hydrogens (tertiary/aromatic N) is 3. The molecule has 8 heteroatoms. The molecule has 0 fully saturated rings. The van der Waals surface area contributed by atoms with Gasteiger partial charge in [-0.05, 0) is 29.8 Å². The molecule has 0 saturated heterocycles. The molecule has 4 rings (SSSR count). The van der Waals surface area contributed by atoms with Crippen LogP contribution in [0.15, 0.2) is 42.5 Å². The minimum absolute atomic E-state index is 0.0468. The summed E-state index contributed by atoms with van der Waals surface area (Å²) in [5.74, 6) is -1.85. The van der Waals surface area contributed by atoms with Crippen molar-refractivity contribution in [1.29, 1.82) is 5.26 Å². The molecule has 3 aromatic rings. The number of carbonyl (C=O) groups excluding carboxylic acids is 1. The number of amides is 1. The summed E-state index contributed by atoms with van der Waals surface area (Å²) in [6.07, 6.45) is 0.453. The minimum atomic E-state index is -0.779. The second-order valence-corrected chi connectivity index (χ2v) is 7.12. The standard InChI is InChI=1S/C20H13F2N3O2S/c21-14-5-6-17(15(22)9-14)25-8-7-16-18(19(25)26)28-20(24-16)27-11-13-3-1-12(10-23)2-4-13/h1-6,9H,7-8,11H2. The number of halogens is 2. The Hall–Kier alpha value is -3.31. The van der Waals surface area contributed by atoms with Crippen LogP contribution in [-0.4, -0.2) is 17.4 Å². The third-order valence-corrected chi connectivity index (χ3v) is 5.33. The molecule has 0 saturated carbocycles. The van der Waals surface area contributed by atoms with Crippen LogP contribution in [0.25, 0.3) is 0 Å². The number of rotatable bonds is 4. The van der Waals surface area contributed by atoms with Crippen molar-refractivity contribution < 1.29 is 18.3 Å². The zero-order chi connectivity index (χ0) is 19.7. The molecule has 0 bridgehead atoms. The van der Waals surface area contributed by atoms with E-state index in [0.29, 0.717) is 27.7 Å². The monoisotopic (exact) mass is 397 g/mol. The minimum Gasteiger partial charge on any atom is -0.465 e. The fourth-order valence-corrected chi connectivity index (χ4v) is 3.83. The van der Waals surface area contributed by atoms with E-state index in [-0.39, 0.29) is 24.7 Å². The molecule has 1 aromatic heterocycles. The first-order chi connectivity index (χ1) is 13.5. The molecule has 28 heavy (non-hydrogen) atoms. The van der Waals surface area contributed by atoms with Gasteiger partial charge < -0.3 is 9.64 Å². The number of nitriles is 1. The second kappa shape index (κ2) is 7.37. The van der Waals surface area contributed by atoms with Crippen molar-refractivity contribution in [3.63, 3.8) is 0 Å². The molecule has 0 spiro atoms. The van der Waals surface area contributed by atoms with E-state index >= 15 is 0 Å². The summed E-state index contributed by atoms with van der Waals surface area (Å²) in [4.78, 5) is 18.8. The average molecular weight is 397 g/mol. The molecule has 0 radical (unpaired) electrons. The third-order valence-electron chi connectivity index (χ3n) is 4.34. The summed E-state index contributed by atoms with van der Waals surface area (Å²) >= 11 is 1.10. The normalized spacial score (nSPS) is 13.2. The number of aromatic nitrogens is 1. The van der Waals surface area contributed by atoms with E-state index < -0.39 is 11.6 Å². The van der Waals surface area contributed by atoms with E-state index in [4.69, 9.17) is 10.00 Å². The molecule has 0 atom stereocenters. The highest BCUT2D eigenvalue weighted by molar-refractivity contribution is 7.15. The van der Waals surface area contributed by atoms with E-state index in [1.54, 1.807) is 24.3 Å². The second-order valence-electron chi connectivity index (χ2n) is 6.16. The Labute approximate surface area is 163 Å². The quantitative estimate of drug-likeness (QED) is 0.666. The summed E-state index contributed by atoms with van der Waals surface area (Å²) in [6, 6.07) is 12.2. The van der Waals surface area contributed by atoms with E-state index in [1.807, 2.05) is 6.07 Å². The first-order valence-corrected chi connectivity index (χ1v) is 9.25. The van der Waals surface area contributed by atoms with Gasteiger partial charge >= 0.3 is 0 Å². The Morgan fingerprint density at radius 3 is 2.71 bits per heavy atom. The number of hydrogen-bond acceptors (Lipinski definition) is 5. The summed E-state index contributed by atoms with van der Waals surface area (Å²) in [7, 11) is 0. The fourth-order valence-electron chi connectivity index (χ4n) is 2.92. The number of benzene rings is 2. The maximum absolute atomic E-state index is 14.1. The van der Waals surface area contributed by atoms with Crippen molar-refractivity contribution in [3.05, 3.63) is 75.8 Å². The predicted octanol–water partition coefficient (Wildman–Crippen LogP) is 4.07. The third kappa shape index (κ3) is 3.44. The SMILES string of the molecule is N#Cc1ccc(COc2nc3c(s2)C(=O)N(c2ccc(F)cc2F)CC3)cc1. The van der Waals surface area contributed by atoms with E-state index in [9.17, 15) is 13.6 Å². The molecule has 1 aliphatic rings. The van der Waals surface area contributed by atoms with Crippen LogP contribution in [0, 0.1) is 23.0 Å². The van der Waals surface area contributed by atoms with Crippen LogP contribution < -0.4 is 9.64 Å². The van der Waals surface area contributed by atoms with E-state index in [0.717, 1.165) is 29.0 Å². The van der Waals surface area contributed by atoms with Gasteiger partial charge in [-0.25, -0.2) is 13.8 Å². The largest absolute Gasteiger partial charge is 0.465 e. The first-order valence-electron chi connectivity index (χ1n) is 8.43. The number of anilines is 1. The number of hydrogen-bond donors (Lipinski definition) is 0. The van der Waals surface area contributed by atoms with Gasteiger partial charge in [0.2, 0.25) is 0 Å². The molecule has 2 aromatic carbocycles. The highest BCUT2D eigenvalue weighted by Gasteiger charge is 2.31. The van der Waals surface area contributed by atoms with Gasteiger partial charge in [0.25, 0.3) is 11.1 Å². The molecule has 1 aliphatic heterocycles. The number of carbonyl (C=O) groups is 1. The highest BCUT2D eigenvalue weighted by atomic mass is 32.1. The Balaban J connectivity index is 1.50. The zero-order valence-electron chi connectivity index (χ0n) is 14.5. The number of thiazole rings is 1. The van der Waals surface area contributed by atoms with Crippen LogP contribution in [0.5, 0.6) is 5.19 Å². The molecular weight excluding hydrogens is 384 g/mol. The maximum atomic E-state index is 14.1. The lowest BCUT2D eigenvalue weighted by Gasteiger charge is -2.26. The van der Waals surface area contributed by atoms with Gasteiger partial charge in [0.05, 0.1) is 23.0 Å². The van der Waals surface area contributed by atoms with Gasteiger partial charge in [0, 0.05) is 19.0 Å². The Morgan fingerprint density at radius 1 is 1.21 bits per heavy atom. The molecule has 5 nitrogen and oxygen atoms in total. The van der Waals surface area contributed by atoms with Crippen LogP contribution >= 0.6 is 11.3 Å². The summed E-state index contributed by atoms with van der Waals surface area (Å²) in [5.41, 5.74) is 2.09. The molecule has 140 valence electrons. The van der Waals surface area contributed by atoms with Gasteiger partial charge in [-0.15, -0.1) is 0 Å². The van der Waals surface area contributed by atoms with Gasteiger partial charge in [0.1, 0.15) is 23.1 Å². The van der Waals surface area contributed by atoms with Gasteiger partial charge in [-0.2, -0.15) is 5.26 Å². The zero-order valence-corrected chi connectivity index (χ0v) is 15.3. The first kappa shape index (κ1) is 18.1. The van der Waals surface area contributed by atoms with Crippen LogP contribution in [0.1, 0.15) is 26.5 Å². The lowest BCUT2D eigenvalue weighted by atomic mass is 10.1. The molecule has 0 unspecified atom stereocenters. The highest BCUT2D eigenvalue weighted by Crippen LogP contribution is 2.33. The number of fused-ring (bicyclic) bond motifs is 1. The van der Waals surface area contributed by atoms with Crippen molar-refractivity contribution in [1.82, 2.24) is 4.98 Å². The Morgan fingerprint density at radius 2 is 2.00 bits per heavy atom. The van der Waals surface area contributed by atoms with Gasteiger partial charge in [-0.3, -0.25) is 4.79 Å². The Kier molecular flexibility index (Phi) is 4.75. The molecule has 2 heterocycles. The lowest BCUT2D eigenvalue weighted by molar-refractivity contribution is 0.0983. The van der Waals surface area contributed by atoms with Gasteiger partial charge in [0.15, 0.2) is 0 Å². The van der Waals surface area contributed by atoms with Crippen molar-refractivity contribution in [2.75, 3.05) is 11.4 Å². The van der Waals surface area contributed by atoms with E-state index in [1.165, 1.54) is 11.0 Å². The van der Waals surface area contributed by atoms with Crippen LogP contribution in [0.4, 0.5) is 14.5 Å². The van der Waals surface area contributed by atoms with Gasteiger partial charge in [-0.1, -0.05) is 23.5 Å². The topological polar surface area (TPSA) is 66.2 Å². The number of ether oxygens (including phenoxy) is 1. The maximum Gasteiger partial charge on any atom is 0.274 e. The summed E-state index contributed by atoms with van der Waals surface area (Å²) in [5, 5.41) is 9.17. The van der Waals surface area contributed by atoms with Crippen LogP contribution in [-0.2, 0) is 13.0 Å². The average Bonchev–Trinajstić information content (AvgIpc) is 3.12. The van der Waals surface area contributed by atoms with Crippen LogP contribution in [0.3, 0.4) is 0 Å².